The molecule has 0 bridgehead atoms. The van der Waals surface area contributed by atoms with Gasteiger partial charge in [-0.1, -0.05) is 66.5 Å². The molecule has 3 aromatic rings. The molecule has 1 aliphatic heterocycles. The van der Waals surface area contributed by atoms with Gasteiger partial charge in [0.2, 0.25) is 0 Å². The number of halogens is 2. The largest absolute Gasteiger partial charge is 0.453 e. The topological polar surface area (TPSA) is 112 Å². The van der Waals surface area contributed by atoms with E-state index in [4.69, 9.17) is 37.4 Å². The second-order valence-corrected chi connectivity index (χ2v) is 9.88. The van der Waals surface area contributed by atoms with E-state index in [2.05, 4.69) is 10.3 Å². The van der Waals surface area contributed by atoms with Crippen molar-refractivity contribution >= 4 is 40.8 Å². The highest BCUT2D eigenvalue weighted by molar-refractivity contribution is 6.40. The maximum Gasteiger partial charge on any atom is 0.303 e. The van der Waals surface area contributed by atoms with E-state index in [0.29, 0.717) is 22.9 Å². The molecule has 0 spiro atoms. The van der Waals surface area contributed by atoms with Crippen LogP contribution in [0.3, 0.4) is 0 Å². The lowest BCUT2D eigenvalue weighted by molar-refractivity contribution is -0.276. The van der Waals surface area contributed by atoms with Crippen molar-refractivity contribution in [3.05, 3.63) is 81.9 Å². The number of carbonyl (C=O) groups is 2. The summed E-state index contributed by atoms with van der Waals surface area (Å²) in [6, 6.07) is 14.7. The first kappa shape index (κ1) is 28.1. The smallest absolute Gasteiger partial charge is 0.303 e. The highest BCUT2D eigenvalue weighted by atomic mass is 35.5. The van der Waals surface area contributed by atoms with Crippen LogP contribution in [0.25, 0.3) is 0 Å². The summed E-state index contributed by atoms with van der Waals surface area (Å²) < 4.78 is 19.6. The number of carbonyl (C=O) groups excluding carboxylic acids is 2. The number of aliphatic hydroxyl groups excluding tert-OH is 1. The minimum Gasteiger partial charge on any atom is -0.453 e. The molecule has 2 heterocycles. The Bertz CT molecular complexity index is 1280. The van der Waals surface area contributed by atoms with Gasteiger partial charge >= 0.3 is 5.97 Å². The number of rotatable bonds is 8. The average Bonchev–Trinajstić information content (AvgIpc) is 3.21. The molecule has 1 amide bonds. The molecular weight excluding hydrogens is 533 g/mol. The zero-order valence-electron chi connectivity index (χ0n) is 21.1. The number of hydrogen-bond donors (Lipinski definition) is 2. The second kappa shape index (κ2) is 12.3. The molecule has 38 heavy (non-hydrogen) atoms. The highest BCUT2D eigenvalue weighted by Gasteiger charge is 2.39. The lowest BCUT2D eigenvalue weighted by Gasteiger charge is -2.41. The molecule has 1 aromatic heterocycles. The Kier molecular flexibility index (Phi) is 9.07. The van der Waals surface area contributed by atoms with Gasteiger partial charge in [-0.25, -0.2) is 4.98 Å². The summed E-state index contributed by atoms with van der Waals surface area (Å²) in [5.41, 5.74) is 2.92. The van der Waals surface area contributed by atoms with Gasteiger partial charge in [-0.15, -0.1) is 0 Å². The first-order valence-corrected chi connectivity index (χ1v) is 12.9. The van der Waals surface area contributed by atoms with Crippen molar-refractivity contribution in [2.45, 2.75) is 58.5 Å². The summed E-state index contributed by atoms with van der Waals surface area (Å²) >= 11 is 12.4. The van der Waals surface area contributed by atoms with Crippen molar-refractivity contribution in [3.8, 4) is 0 Å². The van der Waals surface area contributed by atoms with Crippen LogP contribution in [-0.4, -0.2) is 38.7 Å². The SMILES string of the molecule is CC(=O)O[C@@H](C)C(=O)Nc1cccc(C2O[C@H](Cn3cnc(Cl)c3Cl)[C@H](C)[C@H](c3ccc(CO)cc3)O2)c1. The number of imidazole rings is 1. The Morgan fingerprint density at radius 1 is 1.16 bits per heavy atom. The normalized spacial score (nSPS) is 22.1. The molecule has 11 heteroatoms. The fraction of sp³-hybridized carbons (Fsp3) is 0.370. The zero-order valence-corrected chi connectivity index (χ0v) is 22.6. The predicted octanol–water partition coefficient (Wildman–Crippen LogP) is 5.06. The molecule has 1 aliphatic rings. The van der Waals surface area contributed by atoms with Crippen molar-refractivity contribution in [1.82, 2.24) is 9.55 Å². The Morgan fingerprint density at radius 3 is 2.53 bits per heavy atom. The number of hydrogen-bond acceptors (Lipinski definition) is 7. The summed E-state index contributed by atoms with van der Waals surface area (Å²) in [5.74, 6) is -1.08. The molecule has 0 aliphatic carbocycles. The van der Waals surface area contributed by atoms with Crippen molar-refractivity contribution in [1.29, 1.82) is 0 Å². The van der Waals surface area contributed by atoms with Crippen LogP contribution < -0.4 is 5.32 Å². The van der Waals surface area contributed by atoms with Gasteiger partial charge in [0.05, 0.1) is 31.7 Å². The second-order valence-electron chi connectivity index (χ2n) is 9.17. The van der Waals surface area contributed by atoms with E-state index in [1.54, 1.807) is 29.1 Å². The standard InChI is InChI=1S/C27H29Cl2N3O6/c1-15-22(12-32-14-30-24(28)25(32)29)37-27(38-23(15)19-9-7-18(13-33)8-10-19)20-5-4-6-21(11-20)31-26(35)16(2)36-17(3)34/h4-11,14-16,22-23,27,33H,12-13H2,1-3H3,(H,31,35)/t15-,16-,22+,23+,27?/m0/s1. The van der Waals surface area contributed by atoms with Crippen LogP contribution in [0.15, 0.2) is 54.9 Å². The number of esters is 1. The highest BCUT2D eigenvalue weighted by Crippen LogP contribution is 2.42. The number of benzene rings is 2. The number of nitrogens with zero attached hydrogens (tertiary/aromatic N) is 2. The van der Waals surface area contributed by atoms with E-state index in [1.165, 1.54) is 13.8 Å². The van der Waals surface area contributed by atoms with Crippen LogP contribution in [0, 0.1) is 5.92 Å². The van der Waals surface area contributed by atoms with Gasteiger partial charge in [0, 0.05) is 24.1 Å². The van der Waals surface area contributed by atoms with Gasteiger partial charge in [-0.05, 0) is 30.2 Å². The van der Waals surface area contributed by atoms with Crippen molar-refractivity contribution in [3.63, 3.8) is 0 Å². The van der Waals surface area contributed by atoms with Crippen LogP contribution in [0.2, 0.25) is 10.3 Å². The number of aliphatic hydroxyl groups is 1. The lowest BCUT2D eigenvalue weighted by atomic mass is 9.90. The molecule has 1 fully saturated rings. The van der Waals surface area contributed by atoms with Crippen LogP contribution in [0.1, 0.15) is 49.9 Å². The monoisotopic (exact) mass is 561 g/mol. The molecule has 2 N–H and O–H groups in total. The van der Waals surface area contributed by atoms with Gasteiger partial charge in [-0.2, -0.15) is 0 Å². The van der Waals surface area contributed by atoms with Crippen molar-refractivity contribution in [2.75, 3.05) is 5.32 Å². The fourth-order valence-corrected chi connectivity index (χ4v) is 4.62. The molecule has 0 radical (unpaired) electrons. The number of aromatic nitrogens is 2. The van der Waals surface area contributed by atoms with Gasteiger partial charge in [0.1, 0.15) is 5.15 Å². The number of nitrogens with one attached hydrogen (secondary N) is 1. The van der Waals surface area contributed by atoms with Crippen LogP contribution in [0.5, 0.6) is 0 Å². The Morgan fingerprint density at radius 2 is 1.89 bits per heavy atom. The molecule has 202 valence electrons. The van der Waals surface area contributed by atoms with Crippen LogP contribution in [-0.2, 0) is 37.0 Å². The molecule has 0 saturated carbocycles. The van der Waals surface area contributed by atoms with E-state index in [0.717, 1.165) is 11.1 Å². The van der Waals surface area contributed by atoms with E-state index in [1.807, 2.05) is 37.3 Å². The first-order chi connectivity index (χ1) is 18.2. The quantitative estimate of drug-likeness (QED) is 0.369. The molecule has 4 rings (SSSR count). The van der Waals surface area contributed by atoms with Crippen LogP contribution >= 0.6 is 23.2 Å². The summed E-state index contributed by atoms with van der Waals surface area (Å²) in [4.78, 5) is 27.7. The number of ether oxygens (including phenoxy) is 3. The van der Waals surface area contributed by atoms with Crippen molar-refractivity contribution in [2.24, 2.45) is 5.92 Å². The maximum atomic E-state index is 12.5. The van der Waals surface area contributed by atoms with Gasteiger partial charge in [0.15, 0.2) is 17.5 Å². The molecular formula is C27H29Cl2N3O6. The third kappa shape index (κ3) is 6.54. The minimum absolute atomic E-state index is 0.0514. The summed E-state index contributed by atoms with van der Waals surface area (Å²) in [5, 5.41) is 12.7. The Hall–Kier alpha value is -2.95. The van der Waals surface area contributed by atoms with E-state index < -0.39 is 24.3 Å². The molecule has 5 atom stereocenters. The van der Waals surface area contributed by atoms with Gasteiger partial charge < -0.3 is 29.2 Å². The van der Waals surface area contributed by atoms with E-state index in [-0.39, 0.29) is 29.9 Å². The first-order valence-electron chi connectivity index (χ1n) is 12.1. The third-order valence-corrected chi connectivity index (χ3v) is 7.14. The summed E-state index contributed by atoms with van der Waals surface area (Å²) in [6.45, 7) is 5.12. The third-order valence-electron chi connectivity index (χ3n) is 6.37. The zero-order chi connectivity index (χ0) is 27.4. The summed E-state index contributed by atoms with van der Waals surface area (Å²) in [6.07, 6.45) is -0.815. The Labute approximate surface area is 230 Å². The molecule has 1 unspecified atom stereocenters. The molecule has 9 nitrogen and oxygen atoms in total. The lowest BCUT2D eigenvalue weighted by Crippen LogP contribution is -2.39. The Balaban J connectivity index is 1.60. The predicted molar refractivity (Wildman–Crippen MR) is 142 cm³/mol. The van der Waals surface area contributed by atoms with E-state index >= 15 is 0 Å². The average molecular weight is 562 g/mol. The van der Waals surface area contributed by atoms with E-state index in [9.17, 15) is 14.7 Å². The van der Waals surface area contributed by atoms with Gasteiger partial charge in [-0.3, -0.25) is 9.59 Å². The number of anilines is 1. The van der Waals surface area contributed by atoms with Crippen LogP contribution in [0.4, 0.5) is 5.69 Å². The number of amides is 1. The maximum absolute atomic E-state index is 12.5. The minimum atomic E-state index is -0.943. The molecule has 1 saturated heterocycles. The summed E-state index contributed by atoms with van der Waals surface area (Å²) in [7, 11) is 0. The molecule has 2 aromatic carbocycles. The van der Waals surface area contributed by atoms with Crippen molar-refractivity contribution < 1.29 is 28.9 Å². The fourth-order valence-electron chi connectivity index (χ4n) is 4.30. The van der Waals surface area contributed by atoms with Gasteiger partial charge in [0.25, 0.3) is 5.91 Å².